The SMILES string of the molecule is COCCO[C@@H](Cn1c(=O)n([C@@]2(C)CNC(=O)C2)c(=O)c2c(C)c(-n3nccn3)sc21)c1cc(F)ccc1OC.COCCO[C@@H](Cn1c(=O)n([C@]2(C)CC(=O)N(C)C2)c(=O)c2c(C)c(-n3nccn3)sc21)c1cc(F)ccc1OC. The Morgan fingerprint density at radius 3 is 1.43 bits per heavy atom. The summed E-state index contributed by atoms with van der Waals surface area (Å²) in [7, 11) is 7.63. The third-order valence-corrected chi connectivity index (χ3v) is 16.9. The molecule has 8 aromatic rings. The number of thiophene rings is 2. The first-order valence-electron chi connectivity index (χ1n) is 25.5. The zero-order valence-electron chi connectivity index (χ0n) is 45.9. The maximum Gasteiger partial charge on any atom is 0.332 e. The standard InChI is InChI=1S/C27H31FN6O6S.C26H29FN6O6S/c1-16-22-23(36)33(27(2)13-21(35)31(3)15-27)26(37)32(25(22)41-24(16)34-29-8-9-30-34)14-20(40-11-10-38-4)18-12-17(28)6-7-19(18)39-5;1-15-21-22(35)32(26(2)12-20(34)28-14-26)25(36)31(24(21)40-23(15)33-29-7-8-30-33)13-19(39-10-9-37-3)17-11-16(27)5-6-18(17)38-4/h6-9,12,20H,10-11,13-15H2,1-5H3;5-8,11,19H,9-10,12-14H2,1-4H3,(H,28,34)/t20-,27+;19-,26+/m00/s1. The van der Waals surface area contributed by atoms with E-state index in [1.165, 1.54) is 140 Å². The highest BCUT2D eigenvalue weighted by Crippen LogP contribution is 2.37. The number of nitrogens with zero attached hydrogens (tertiary/aromatic N) is 11. The number of methoxy groups -OCH3 is 4. The largest absolute Gasteiger partial charge is 0.496 e. The van der Waals surface area contributed by atoms with Crippen LogP contribution in [0, 0.1) is 25.5 Å². The molecule has 8 heterocycles. The highest BCUT2D eigenvalue weighted by Gasteiger charge is 2.43. The van der Waals surface area contributed by atoms with Crippen molar-refractivity contribution in [3.05, 3.63) is 137 Å². The van der Waals surface area contributed by atoms with Gasteiger partial charge in [-0.1, -0.05) is 22.7 Å². The van der Waals surface area contributed by atoms with Gasteiger partial charge in [0.1, 0.15) is 55.0 Å². The van der Waals surface area contributed by atoms with Gasteiger partial charge in [0.25, 0.3) is 11.1 Å². The van der Waals surface area contributed by atoms with Gasteiger partial charge in [0.2, 0.25) is 11.8 Å². The quantitative estimate of drug-likeness (QED) is 0.105. The average molecular weight is 1160 g/mol. The summed E-state index contributed by atoms with van der Waals surface area (Å²) in [4.78, 5) is 86.4. The lowest BCUT2D eigenvalue weighted by atomic mass is 10.0. The van der Waals surface area contributed by atoms with E-state index >= 15 is 0 Å². The number of hydrogen-bond acceptors (Lipinski definition) is 18. The summed E-state index contributed by atoms with van der Waals surface area (Å²) in [5.41, 5.74) is -2.45. The molecule has 4 atom stereocenters. The first kappa shape index (κ1) is 57.9. The highest BCUT2D eigenvalue weighted by atomic mass is 32.1. The van der Waals surface area contributed by atoms with Crippen molar-refractivity contribution in [2.45, 2.75) is 76.9 Å². The molecule has 28 heteroatoms. The van der Waals surface area contributed by atoms with E-state index in [1.54, 1.807) is 34.7 Å². The van der Waals surface area contributed by atoms with Crippen molar-refractivity contribution in [1.29, 1.82) is 0 Å². The van der Waals surface area contributed by atoms with E-state index in [0.29, 0.717) is 64.2 Å². The van der Waals surface area contributed by atoms with Crippen molar-refractivity contribution < 1.29 is 46.8 Å². The third-order valence-electron chi connectivity index (χ3n) is 14.4. The van der Waals surface area contributed by atoms with Gasteiger partial charge in [-0.2, -0.15) is 20.4 Å². The summed E-state index contributed by atoms with van der Waals surface area (Å²) in [5.74, 6) is -0.662. The molecule has 2 amide bonds. The summed E-state index contributed by atoms with van der Waals surface area (Å²) in [5, 5.41) is 21.3. The number of aromatic nitrogens is 10. The summed E-state index contributed by atoms with van der Waals surface area (Å²) >= 11 is 2.38. The zero-order valence-corrected chi connectivity index (χ0v) is 47.5. The van der Waals surface area contributed by atoms with Crippen LogP contribution in [-0.4, -0.2) is 140 Å². The molecule has 81 heavy (non-hydrogen) atoms. The third kappa shape index (κ3) is 11.1. The number of amides is 2. The number of fused-ring (bicyclic) bond motifs is 2. The number of benzene rings is 2. The van der Waals surface area contributed by atoms with Gasteiger partial charge in [-0.05, 0) is 64.1 Å². The lowest BCUT2D eigenvalue weighted by Crippen LogP contribution is -2.51. The van der Waals surface area contributed by atoms with Crippen LogP contribution in [0.25, 0.3) is 30.4 Å². The van der Waals surface area contributed by atoms with Crippen LogP contribution in [0.1, 0.15) is 61.2 Å². The van der Waals surface area contributed by atoms with Gasteiger partial charge in [0.05, 0.1) is 113 Å². The van der Waals surface area contributed by atoms with E-state index in [1.807, 2.05) is 0 Å². The number of likely N-dealkylation sites (N-methyl/N-ethyl adjacent to an activating group) is 1. The number of nitrogens with one attached hydrogen (secondary N) is 1. The molecule has 0 aliphatic carbocycles. The number of ether oxygens (including phenoxy) is 6. The van der Waals surface area contributed by atoms with Gasteiger partial charge >= 0.3 is 11.4 Å². The summed E-state index contributed by atoms with van der Waals surface area (Å²) in [6, 6.07) is 8.14. The molecule has 2 aromatic carbocycles. The molecule has 6 aromatic heterocycles. The van der Waals surface area contributed by atoms with Gasteiger partial charge in [-0.25, -0.2) is 18.4 Å². The number of carbonyl (C=O) groups is 2. The first-order chi connectivity index (χ1) is 38.8. The van der Waals surface area contributed by atoms with Crippen LogP contribution in [0.15, 0.2) is 80.4 Å². The Kier molecular flexibility index (Phi) is 17.0. The molecule has 1 N–H and O–H groups in total. The molecule has 0 spiro atoms. The Morgan fingerprint density at radius 1 is 0.630 bits per heavy atom. The molecule has 0 radical (unpaired) electrons. The number of aryl methyl sites for hydroxylation is 2. The molecule has 430 valence electrons. The van der Waals surface area contributed by atoms with E-state index in [0.717, 1.165) is 4.57 Å². The zero-order chi connectivity index (χ0) is 58.1. The van der Waals surface area contributed by atoms with Crippen LogP contribution >= 0.6 is 22.7 Å². The Hall–Kier alpha value is -7.76. The van der Waals surface area contributed by atoms with Crippen molar-refractivity contribution in [3.63, 3.8) is 0 Å². The van der Waals surface area contributed by atoms with Crippen molar-refractivity contribution in [3.8, 4) is 21.5 Å². The lowest BCUT2D eigenvalue weighted by molar-refractivity contribution is -0.126. The minimum Gasteiger partial charge on any atom is -0.496 e. The molecule has 2 aliphatic heterocycles. The summed E-state index contributed by atoms with van der Waals surface area (Å²) < 4.78 is 67.6. The number of rotatable bonds is 20. The molecule has 0 saturated carbocycles. The van der Waals surface area contributed by atoms with Crippen LogP contribution in [0.5, 0.6) is 11.5 Å². The second-order valence-corrected chi connectivity index (χ2v) is 21.9. The molecule has 2 aliphatic rings. The topological polar surface area (TPSA) is 254 Å². The molecule has 24 nitrogen and oxygen atoms in total. The summed E-state index contributed by atoms with van der Waals surface area (Å²) in [6.45, 7) is 7.94. The fourth-order valence-electron chi connectivity index (χ4n) is 10.4. The van der Waals surface area contributed by atoms with E-state index < -0.39 is 57.4 Å². The maximum absolute atomic E-state index is 14.5. The number of hydrogen-bond donors (Lipinski definition) is 1. The van der Waals surface area contributed by atoms with Crippen molar-refractivity contribution >= 4 is 54.9 Å². The Balaban J connectivity index is 0.000000196. The van der Waals surface area contributed by atoms with Crippen molar-refractivity contribution in [2.75, 3.05) is 75.0 Å². The predicted molar refractivity (Wildman–Crippen MR) is 294 cm³/mol. The van der Waals surface area contributed by atoms with Crippen LogP contribution in [0.2, 0.25) is 0 Å². The maximum atomic E-state index is 14.5. The van der Waals surface area contributed by atoms with E-state index in [4.69, 9.17) is 28.4 Å². The minimum atomic E-state index is -1.09. The Labute approximate surface area is 468 Å². The van der Waals surface area contributed by atoms with E-state index in [-0.39, 0.29) is 77.3 Å². The van der Waals surface area contributed by atoms with Crippen LogP contribution in [0.3, 0.4) is 0 Å². The van der Waals surface area contributed by atoms with E-state index in [2.05, 4.69) is 25.7 Å². The van der Waals surface area contributed by atoms with Crippen molar-refractivity contribution in [1.82, 2.24) is 58.5 Å². The predicted octanol–water partition coefficient (Wildman–Crippen LogP) is 4.14. The van der Waals surface area contributed by atoms with Gasteiger partial charge in [-0.3, -0.25) is 37.4 Å². The Morgan fingerprint density at radius 2 is 1.06 bits per heavy atom. The second kappa shape index (κ2) is 23.8. The van der Waals surface area contributed by atoms with Crippen LogP contribution in [0.4, 0.5) is 8.78 Å². The molecule has 0 bridgehead atoms. The fourth-order valence-corrected chi connectivity index (χ4v) is 12.9. The van der Waals surface area contributed by atoms with Gasteiger partial charge in [0, 0.05) is 56.6 Å². The number of halogens is 2. The summed E-state index contributed by atoms with van der Waals surface area (Å²) in [6.07, 6.45) is 4.33. The molecule has 10 rings (SSSR count). The van der Waals surface area contributed by atoms with Gasteiger partial charge in [0.15, 0.2) is 0 Å². The smallest absolute Gasteiger partial charge is 0.332 e. The normalized spacial score (nSPS) is 17.9. The molecule has 2 saturated heterocycles. The Bertz CT molecular complexity index is 3890. The van der Waals surface area contributed by atoms with E-state index in [9.17, 15) is 37.5 Å². The molecular weight excluding hydrogens is 1100 g/mol. The molecule has 0 unspecified atom stereocenters. The van der Waals surface area contributed by atoms with Crippen LogP contribution < -0.4 is 37.3 Å². The van der Waals surface area contributed by atoms with Crippen LogP contribution in [-0.2, 0) is 52.7 Å². The van der Waals surface area contributed by atoms with Gasteiger partial charge < -0.3 is 38.6 Å². The monoisotopic (exact) mass is 1160 g/mol. The fraction of sp³-hybridized carbons (Fsp3) is 0.434. The second-order valence-electron chi connectivity index (χ2n) is 20.0. The average Bonchev–Trinajstić information content (AvgIpc) is 4.42. The number of likely N-dealkylation sites (tertiary alicyclic amines) is 1. The number of carbonyl (C=O) groups excluding carboxylic acids is 2. The lowest BCUT2D eigenvalue weighted by Gasteiger charge is -2.27. The molecular formula is C53H60F2N12O12S2. The highest BCUT2D eigenvalue weighted by molar-refractivity contribution is 7.21. The molecule has 2 fully saturated rings. The minimum absolute atomic E-state index is 0.00755. The van der Waals surface area contributed by atoms with Gasteiger partial charge in [-0.15, -0.1) is 9.59 Å². The van der Waals surface area contributed by atoms with Crippen molar-refractivity contribution in [2.24, 2.45) is 0 Å². The first-order valence-corrected chi connectivity index (χ1v) is 27.1.